The average molecular weight is 284 g/mol. The number of rotatable bonds is 2. The summed E-state index contributed by atoms with van der Waals surface area (Å²) in [6.45, 7) is 0. The van der Waals surface area contributed by atoms with Gasteiger partial charge in [0, 0.05) is 11.6 Å². The third-order valence-corrected chi connectivity index (χ3v) is 4.41. The molecule has 2 aromatic carbocycles. The fourth-order valence-corrected chi connectivity index (χ4v) is 3.24. The van der Waals surface area contributed by atoms with E-state index in [-0.39, 0.29) is 0 Å². The predicted molar refractivity (Wildman–Crippen MR) is 90.1 cm³/mol. The summed E-state index contributed by atoms with van der Waals surface area (Å²) in [5.41, 5.74) is 8.19. The Morgan fingerprint density at radius 2 is 1.36 bits per heavy atom. The smallest absolute Gasteiger partial charge is 0.193 e. The first-order chi connectivity index (χ1) is 10.8. The van der Waals surface area contributed by atoms with E-state index in [4.69, 9.17) is 0 Å². The monoisotopic (exact) mass is 284 g/mol. The molecule has 3 aromatic rings. The summed E-state index contributed by atoms with van der Waals surface area (Å²) in [5.74, 6) is 0. The van der Waals surface area contributed by atoms with Crippen molar-refractivity contribution in [3.05, 3.63) is 101 Å². The Hall–Kier alpha value is -2.67. The normalized spacial score (nSPS) is 12.5. The lowest BCUT2D eigenvalue weighted by Crippen LogP contribution is -2.38. The Bertz CT molecular complexity index is 804. The van der Waals surface area contributed by atoms with Crippen LogP contribution in [0.5, 0.6) is 0 Å². The highest BCUT2D eigenvalue weighted by Crippen LogP contribution is 2.40. The van der Waals surface area contributed by atoms with Crippen molar-refractivity contribution in [3.63, 3.8) is 0 Å². The molecule has 0 N–H and O–H groups in total. The van der Waals surface area contributed by atoms with Crippen LogP contribution in [-0.4, -0.2) is 0 Å². The summed E-state index contributed by atoms with van der Waals surface area (Å²) < 4.78 is 2.23. The summed E-state index contributed by atoms with van der Waals surface area (Å²) >= 11 is 0. The van der Waals surface area contributed by atoms with Crippen LogP contribution in [0.1, 0.15) is 22.4 Å². The zero-order chi connectivity index (χ0) is 14.9. The van der Waals surface area contributed by atoms with Crippen LogP contribution >= 0.6 is 0 Å². The molecule has 1 aromatic heterocycles. The van der Waals surface area contributed by atoms with Crippen LogP contribution in [0.2, 0.25) is 0 Å². The van der Waals surface area contributed by atoms with Crippen molar-refractivity contribution in [2.75, 3.05) is 0 Å². The SMILES string of the molecule is C[n+]1cccc2c1CC2=C(c1ccccc1)c1ccccc1. The largest absolute Gasteiger partial charge is 0.204 e. The van der Waals surface area contributed by atoms with Gasteiger partial charge in [0.15, 0.2) is 11.9 Å². The zero-order valence-electron chi connectivity index (χ0n) is 12.7. The van der Waals surface area contributed by atoms with E-state index in [1.807, 2.05) is 0 Å². The van der Waals surface area contributed by atoms with Crippen LogP contribution < -0.4 is 4.57 Å². The first-order valence-electron chi connectivity index (χ1n) is 7.66. The van der Waals surface area contributed by atoms with E-state index in [2.05, 4.69) is 90.6 Å². The molecule has 106 valence electrons. The molecule has 1 aliphatic carbocycles. The van der Waals surface area contributed by atoms with Gasteiger partial charge in [-0.2, -0.15) is 0 Å². The standard InChI is InChI=1S/C21H18N/c1-22-14-8-13-18-19(15-20(18)22)21(16-9-4-2-5-10-16)17-11-6-3-7-12-17/h2-14H,15H2,1H3/q+1. The quantitative estimate of drug-likeness (QED) is 0.626. The molecule has 0 fully saturated rings. The highest BCUT2D eigenvalue weighted by Gasteiger charge is 2.31. The van der Waals surface area contributed by atoms with E-state index < -0.39 is 0 Å². The van der Waals surface area contributed by atoms with Gasteiger partial charge in [0.05, 0.1) is 6.42 Å². The summed E-state index contributed by atoms with van der Waals surface area (Å²) in [6.07, 6.45) is 3.16. The minimum Gasteiger partial charge on any atom is -0.204 e. The van der Waals surface area contributed by atoms with Crippen molar-refractivity contribution >= 4 is 11.1 Å². The van der Waals surface area contributed by atoms with Crippen molar-refractivity contribution in [3.8, 4) is 0 Å². The second-order valence-corrected chi connectivity index (χ2v) is 5.74. The first kappa shape index (κ1) is 13.0. The van der Waals surface area contributed by atoms with E-state index in [0.29, 0.717) is 0 Å². The van der Waals surface area contributed by atoms with Gasteiger partial charge >= 0.3 is 0 Å². The molecule has 0 amide bonds. The van der Waals surface area contributed by atoms with Crippen molar-refractivity contribution in [1.82, 2.24) is 0 Å². The molecule has 0 saturated carbocycles. The van der Waals surface area contributed by atoms with Gasteiger partial charge in [-0.05, 0) is 28.3 Å². The molecule has 1 nitrogen and oxygen atoms in total. The van der Waals surface area contributed by atoms with Crippen LogP contribution in [0, 0.1) is 0 Å². The van der Waals surface area contributed by atoms with Crippen molar-refractivity contribution in [2.24, 2.45) is 7.05 Å². The van der Waals surface area contributed by atoms with Crippen LogP contribution in [0.3, 0.4) is 0 Å². The van der Waals surface area contributed by atoms with Gasteiger partial charge in [0.25, 0.3) is 0 Å². The van der Waals surface area contributed by atoms with Crippen LogP contribution in [-0.2, 0) is 13.5 Å². The Morgan fingerprint density at radius 1 is 0.773 bits per heavy atom. The molecule has 0 saturated heterocycles. The maximum absolute atomic E-state index is 2.24. The van der Waals surface area contributed by atoms with Crippen LogP contribution in [0.25, 0.3) is 11.1 Å². The molecule has 0 unspecified atom stereocenters. The van der Waals surface area contributed by atoms with Gasteiger partial charge < -0.3 is 0 Å². The number of benzene rings is 2. The maximum Gasteiger partial charge on any atom is 0.193 e. The van der Waals surface area contributed by atoms with Gasteiger partial charge in [-0.3, -0.25) is 0 Å². The second-order valence-electron chi connectivity index (χ2n) is 5.74. The Morgan fingerprint density at radius 3 is 1.95 bits per heavy atom. The van der Waals surface area contributed by atoms with E-state index in [1.54, 1.807) is 0 Å². The fraction of sp³-hybridized carbons (Fsp3) is 0.0952. The molecule has 0 spiro atoms. The van der Waals surface area contributed by atoms with Gasteiger partial charge in [0.2, 0.25) is 0 Å². The van der Waals surface area contributed by atoms with Crippen molar-refractivity contribution < 1.29 is 4.57 Å². The lowest BCUT2D eigenvalue weighted by molar-refractivity contribution is -0.680. The van der Waals surface area contributed by atoms with Crippen LogP contribution in [0.15, 0.2) is 79.0 Å². The highest BCUT2D eigenvalue weighted by atomic mass is 14.9. The Kier molecular flexibility index (Phi) is 3.12. The third kappa shape index (κ3) is 2.06. The number of hydrogen-bond donors (Lipinski definition) is 0. The second kappa shape index (κ2) is 5.27. The summed E-state index contributed by atoms with van der Waals surface area (Å²) in [5, 5.41) is 0. The molecule has 0 radical (unpaired) electrons. The lowest BCUT2D eigenvalue weighted by Gasteiger charge is -2.24. The number of aromatic nitrogens is 1. The first-order valence-corrected chi connectivity index (χ1v) is 7.66. The van der Waals surface area contributed by atoms with Gasteiger partial charge in [-0.15, -0.1) is 0 Å². The number of pyridine rings is 1. The summed E-state index contributed by atoms with van der Waals surface area (Å²) in [6, 6.07) is 25.8. The molecule has 22 heavy (non-hydrogen) atoms. The van der Waals surface area contributed by atoms with Gasteiger partial charge in [-0.1, -0.05) is 60.7 Å². The number of hydrogen-bond acceptors (Lipinski definition) is 0. The molecule has 1 aliphatic rings. The van der Waals surface area contributed by atoms with E-state index in [0.717, 1.165) is 6.42 Å². The number of aryl methyl sites for hydroxylation is 1. The number of allylic oxidation sites excluding steroid dienone is 1. The predicted octanol–water partition coefficient (Wildman–Crippen LogP) is 4.03. The third-order valence-electron chi connectivity index (χ3n) is 4.41. The average Bonchev–Trinajstić information content (AvgIpc) is 2.55. The number of fused-ring (bicyclic) bond motifs is 1. The molecule has 0 bridgehead atoms. The van der Waals surface area contributed by atoms with Crippen LogP contribution in [0.4, 0.5) is 0 Å². The molecule has 1 heteroatoms. The summed E-state index contributed by atoms with van der Waals surface area (Å²) in [4.78, 5) is 0. The lowest BCUT2D eigenvalue weighted by atomic mass is 9.79. The van der Waals surface area contributed by atoms with Crippen molar-refractivity contribution in [1.29, 1.82) is 0 Å². The Balaban J connectivity index is 1.96. The van der Waals surface area contributed by atoms with E-state index >= 15 is 0 Å². The molecule has 4 rings (SSSR count). The minimum absolute atomic E-state index is 1.03. The fourth-order valence-electron chi connectivity index (χ4n) is 3.24. The maximum atomic E-state index is 2.24. The molecular weight excluding hydrogens is 266 g/mol. The van der Waals surface area contributed by atoms with E-state index in [9.17, 15) is 0 Å². The van der Waals surface area contributed by atoms with Gasteiger partial charge in [0.1, 0.15) is 7.05 Å². The minimum atomic E-state index is 1.03. The summed E-state index contributed by atoms with van der Waals surface area (Å²) in [7, 11) is 2.13. The van der Waals surface area contributed by atoms with E-state index in [1.165, 1.54) is 33.5 Å². The Labute approximate surface area is 131 Å². The topological polar surface area (TPSA) is 3.88 Å². The molecule has 1 heterocycles. The number of nitrogens with zero attached hydrogens (tertiary/aromatic N) is 1. The molecule has 0 aliphatic heterocycles. The molecular formula is C21H18N+. The highest BCUT2D eigenvalue weighted by molar-refractivity contribution is 6.02. The van der Waals surface area contributed by atoms with Gasteiger partial charge in [-0.25, -0.2) is 4.57 Å². The zero-order valence-corrected chi connectivity index (χ0v) is 12.7. The molecule has 0 atom stereocenters. The van der Waals surface area contributed by atoms with Crippen molar-refractivity contribution in [2.45, 2.75) is 6.42 Å².